The molecule has 142 valence electrons. The molecule has 1 N–H and O–H groups in total. The molecule has 0 fully saturated rings. The second-order valence-electron chi connectivity index (χ2n) is 6.13. The summed E-state index contributed by atoms with van der Waals surface area (Å²) >= 11 is 0. The molecule has 0 unspecified atom stereocenters. The highest BCUT2D eigenvalue weighted by molar-refractivity contribution is 5.94. The quantitative estimate of drug-likeness (QED) is 0.336. The number of pyridine rings is 2. The van der Waals surface area contributed by atoms with Crippen LogP contribution in [-0.4, -0.2) is 28.5 Å². The van der Waals surface area contributed by atoms with E-state index in [-0.39, 0.29) is 0 Å². The number of aromatic nitrogens is 2. The van der Waals surface area contributed by atoms with E-state index in [0.717, 1.165) is 24.3 Å². The fourth-order valence-corrected chi connectivity index (χ4v) is 2.46. The highest BCUT2D eigenvalue weighted by Crippen LogP contribution is 2.18. The zero-order chi connectivity index (χ0) is 19.6. The zero-order valence-electron chi connectivity index (χ0n) is 15.7. The van der Waals surface area contributed by atoms with Crippen LogP contribution in [0.15, 0.2) is 71.9 Å². The molecule has 0 amide bonds. The number of para-hydroxylation sites is 1. The molecule has 28 heavy (non-hydrogen) atoms. The van der Waals surface area contributed by atoms with E-state index in [1.54, 1.807) is 19.2 Å². The third-order valence-electron chi connectivity index (χ3n) is 3.83. The van der Waals surface area contributed by atoms with Gasteiger partial charge in [0.1, 0.15) is 12.4 Å². The molecule has 0 radical (unpaired) electrons. The Labute approximate surface area is 164 Å². The summed E-state index contributed by atoms with van der Waals surface area (Å²) in [5.74, 6) is 1.24. The molecular formula is C22H22N4O2. The van der Waals surface area contributed by atoms with Crippen molar-refractivity contribution >= 4 is 11.9 Å². The van der Waals surface area contributed by atoms with Crippen molar-refractivity contribution in [1.82, 2.24) is 9.97 Å². The second-order valence-corrected chi connectivity index (χ2v) is 6.13. The van der Waals surface area contributed by atoms with E-state index in [1.807, 2.05) is 60.7 Å². The predicted molar refractivity (Wildman–Crippen MR) is 109 cm³/mol. The smallest absolute Gasteiger partial charge is 0.219 e. The number of hydrogen-bond donors (Lipinski definition) is 1. The second kappa shape index (κ2) is 9.97. The molecule has 0 bridgehead atoms. The first kappa shape index (κ1) is 19.2. The van der Waals surface area contributed by atoms with Gasteiger partial charge in [-0.05, 0) is 50.1 Å². The molecule has 0 spiro atoms. The Balaban J connectivity index is 1.44. The first-order valence-electron chi connectivity index (χ1n) is 9.07. The molecular weight excluding hydrogens is 352 g/mol. The number of nitrogens with one attached hydrogen (secondary N) is 1. The van der Waals surface area contributed by atoms with Gasteiger partial charge in [-0.1, -0.05) is 35.5 Å². The Morgan fingerprint density at radius 3 is 2.64 bits per heavy atom. The SMILES string of the molecule is CC(=N)c1cccc(CCCON=Cc2cccc(Oc3ccccc3)n2)n1. The molecule has 0 aliphatic carbocycles. The largest absolute Gasteiger partial charge is 0.439 e. The van der Waals surface area contributed by atoms with Crippen molar-refractivity contribution in [1.29, 1.82) is 5.41 Å². The highest BCUT2D eigenvalue weighted by Gasteiger charge is 2.01. The fourth-order valence-electron chi connectivity index (χ4n) is 2.46. The average Bonchev–Trinajstić information content (AvgIpc) is 2.72. The summed E-state index contributed by atoms with van der Waals surface area (Å²) in [6, 6.07) is 20.7. The minimum absolute atomic E-state index is 0.466. The first-order chi connectivity index (χ1) is 13.7. The number of rotatable bonds is 9. The van der Waals surface area contributed by atoms with Gasteiger partial charge in [0.25, 0.3) is 0 Å². The molecule has 0 aliphatic heterocycles. The maximum atomic E-state index is 7.64. The molecule has 2 heterocycles. The van der Waals surface area contributed by atoms with Gasteiger partial charge >= 0.3 is 0 Å². The van der Waals surface area contributed by atoms with Crippen LogP contribution >= 0.6 is 0 Å². The molecule has 0 saturated heterocycles. The topological polar surface area (TPSA) is 80.5 Å². The molecule has 6 heteroatoms. The number of ether oxygens (including phenoxy) is 1. The normalized spacial score (nSPS) is 10.8. The van der Waals surface area contributed by atoms with Gasteiger partial charge in [0.2, 0.25) is 5.88 Å². The van der Waals surface area contributed by atoms with E-state index in [2.05, 4.69) is 15.1 Å². The predicted octanol–water partition coefficient (Wildman–Crippen LogP) is 4.64. The van der Waals surface area contributed by atoms with Gasteiger partial charge in [0.15, 0.2) is 0 Å². The van der Waals surface area contributed by atoms with Gasteiger partial charge < -0.3 is 15.0 Å². The number of hydrogen-bond acceptors (Lipinski definition) is 6. The Morgan fingerprint density at radius 1 is 1.00 bits per heavy atom. The van der Waals surface area contributed by atoms with Gasteiger partial charge in [-0.15, -0.1) is 0 Å². The van der Waals surface area contributed by atoms with Crippen molar-refractivity contribution in [3.05, 3.63) is 83.8 Å². The van der Waals surface area contributed by atoms with Gasteiger partial charge in [-0.2, -0.15) is 0 Å². The molecule has 0 aliphatic rings. The maximum absolute atomic E-state index is 7.64. The van der Waals surface area contributed by atoms with Crippen molar-refractivity contribution in [3.63, 3.8) is 0 Å². The summed E-state index contributed by atoms with van der Waals surface area (Å²) in [6.45, 7) is 2.21. The van der Waals surface area contributed by atoms with Crippen molar-refractivity contribution in [2.45, 2.75) is 19.8 Å². The Hall–Kier alpha value is -3.54. The molecule has 1 aromatic carbocycles. The van der Waals surface area contributed by atoms with Crippen molar-refractivity contribution in [2.75, 3.05) is 6.61 Å². The van der Waals surface area contributed by atoms with Crippen molar-refractivity contribution < 1.29 is 9.57 Å². The van der Waals surface area contributed by atoms with Crippen LogP contribution < -0.4 is 4.74 Å². The monoisotopic (exact) mass is 374 g/mol. The maximum Gasteiger partial charge on any atom is 0.219 e. The Morgan fingerprint density at radius 2 is 1.82 bits per heavy atom. The molecule has 2 aromatic heterocycles. The van der Waals surface area contributed by atoms with E-state index in [9.17, 15) is 0 Å². The van der Waals surface area contributed by atoms with E-state index in [4.69, 9.17) is 15.0 Å². The Kier molecular flexibility index (Phi) is 6.84. The van der Waals surface area contributed by atoms with E-state index < -0.39 is 0 Å². The zero-order valence-corrected chi connectivity index (χ0v) is 15.7. The molecule has 6 nitrogen and oxygen atoms in total. The summed E-state index contributed by atoms with van der Waals surface area (Å²) in [5.41, 5.74) is 2.78. The lowest BCUT2D eigenvalue weighted by atomic mass is 10.2. The lowest BCUT2D eigenvalue weighted by Gasteiger charge is -2.04. The molecule has 3 rings (SSSR count). The number of oxime groups is 1. The highest BCUT2D eigenvalue weighted by atomic mass is 16.6. The number of aryl methyl sites for hydroxylation is 1. The summed E-state index contributed by atoms with van der Waals surface area (Å²) in [7, 11) is 0. The van der Waals surface area contributed by atoms with Crippen LogP contribution in [0.2, 0.25) is 0 Å². The van der Waals surface area contributed by atoms with Gasteiger partial charge in [-0.25, -0.2) is 4.98 Å². The van der Waals surface area contributed by atoms with Crippen LogP contribution in [0.3, 0.4) is 0 Å². The summed E-state index contributed by atoms with van der Waals surface area (Å²) in [6.07, 6.45) is 3.12. The van der Waals surface area contributed by atoms with Crippen LogP contribution in [0.4, 0.5) is 0 Å². The van der Waals surface area contributed by atoms with Gasteiger partial charge in [0.05, 0.1) is 23.3 Å². The summed E-state index contributed by atoms with van der Waals surface area (Å²) in [4.78, 5) is 14.1. The number of nitrogens with zero attached hydrogens (tertiary/aromatic N) is 3. The minimum atomic E-state index is 0.466. The van der Waals surface area contributed by atoms with E-state index in [0.29, 0.717) is 29.6 Å². The molecule has 0 atom stereocenters. The van der Waals surface area contributed by atoms with E-state index >= 15 is 0 Å². The lowest BCUT2D eigenvalue weighted by molar-refractivity contribution is 0.143. The third kappa shape index (κ3) is 6.02. The van der Waals surface area contributed by atoms with Crippen molar-refractivity contribution in [2.24, 2.45) is 5.16 Å². The summed E-state index contributed by atoms with van der Waals surface area (Å²) in [5, 5.41) is 11.6. The van der Waals surface area contributed by atoms with Crippen LogP contribution in [-0.2, 0) is 11.3 Å². The van der Waals surface area contributed by atoms with E-state index in [1.165, 1.54) is 0 Å². The van der Waals surface area contributed by atoms with Crippen LogP contribution in [0, 0.1) is 5.41 Å². The van der Waals surface area contributed by atoms with Gasteiger partial charge in [-0.3, -0.25) is 4.98 Å². The average molecular weight is 374 g/mol. The van der Waals surface area contributed by atoms with Crippen LogP contribution in [0.1, 0.15) is 30.4 Å². The minimum Gasteiger partial charge on any atom is -0.439 e. The van der Waals surface area contributed by atoms with Crippen LogP contribution in [0.25, 0.3) is 0 Å². The standard InChI is InChI=1S/C22H22N4O2/c1-17(23)21-13-5-8-18(25-21)10-7-15-27-24-16-19-9-6-14-22(26-19)28-20-11-3-2-4-12-20/h2-6,8-9,11-14,16,23H,7,10,15H2,1H3. The third-order valence-corrected chi connectivity index (χ3v) is 3.83. The summed E-state index contributed by atoms with van der Waals surface area (Å²) < 4.78 is 5.70. The fraction of sp³-hybridized carbons (Fsp3) is 0.182. The van der Waals surface area contributed by atoms with Crippen molar-refractivity contribution in [3.8, 4) is 11.6 Å². The molecule has 3 aromatic rings. The van der Waals surface area contributed by atoms with Gasteiger partial charge in [0, 0.05) is 11.8 Å². The Bertz CT molecular complexity index is 942. The molecule has 0 saturated carbocycles. The first-order valence-corrected chi connectivity index (χ1v) is 9.07. The van der Waals surface area contributed by atoms with Crippen LogP contribution in [0.5, 0.6) is 11.6 Å². The lowest BCUT2D eigenvalue weighted by Crippen LogP contribution is -2.01. The number of benzene rings is 1.